The number of benzene rings is 2. The molecular weight excluding hydrogens is 382 g/mol. The highest BCUT2D eigenvalue weighted by atomic mass is 16.5. The molecule has 2 aromatic rings. The minimum absolute atomic E-state index is 0.0637. The molecule has 0 saturated carbocycles. The number of carbonyl (C=O) groups is 3. The highest BCUT2D eigenvalue weighted by Gasteiger charge is 2.35. The molecule has 1 atom stereocenters. The third kappa shape index (κ3) is 4.01. The van der Waals surface area contributed by atoms with Crippen molar-refractivity contribution in [3.63, 3.8) is 0 Å². The van der Waals surface area contributed by atoms with E-state index in [4.69, 9.17) is 4.74 Å². The van der Waals surface area contributed by atoms with Crippen LogP contribution < -0.4 is 9.80 Å². The first-order valence-electron chi connectivity index (χ1n) is 10.1. The van der Waals surface area contributed by atoms with Crippen LogP contribution >= 0.6 is 0 Å². The second-order valence-electron chi connectivity index (χ2n) is 7.59. The molecular formula is C23H25N3O4. The molecule has 0 N–H and O–H groups in total. The largest absolute Gasteiger partial charge is 0.469 e. The Bertz CT molecular complexity index is 921. The van der Waals surface area contributed by atoms with Gasteiger partial charge in [-0.25, -0.2) is 0 Å². The Labute approximate surface area is 175 Å². The van der Waals surface area contributed by atoms with E-state index in [1.165, 1.54) is 7.11 Å². The third-order valence-corrected chi connectivity index (χ3v) is 5.77. The lowest BCUT2D eigenvalue weighted by Gasteiger charge is -2.36. The van der Waals surface area contributed by atoms with E-state index in [9.17, 15) is 14.4 Å². The summed E-state index contributed by atoms with van der Waals surface area (Å²) in [7, 11) is 1.34. The van der Waals surface area contributed by atoms with Gasteiger partial charge in [0.2, 0.25) is 5.91 Å². The van der Waals surface area contributed by atoms with Crippen molar-refractivity contribution in [1.29, 1.82) is 0 Å². The van der Waals surface area contributed by atoms with Crippen molar-refractivity contribution in [2.24, 2.45) is 5.92 Å². The fourth-order valence-electron chi connectivity index (χ4n) is 4.06. The van der Waals surface area contributed by atoms with Crippen molar-refractivity contribution in [3.8, 4) is 0 Å². The molecule has 0 spiro atoms. The average Bonchev–Trinajstić information content (AvgIpc) is 3.20. The number of hydrogen-bond acceptors (Lipinski definition) is 5. The second kappa shape index (κ2) is 8.57. The maximum absolute atomic E-state index is 12.6. The molecule has 0 aromatic heterocycles. The van der Waals surface area contributed by atoms with Gasteiger partial charge >= 0.3 is 5.97 Å². The Kier molecular flexibility index (Phi) is 5.70. The molecule has 2 aliphatic heterocycles. The molecule has 0 bridgehead atoms. The van der Waals surface area contributed by atoms with E-state index in [1.54, 1.807) is 4.90 Å². The number of esters is 1. The Morgan fingerprint density at radius 1 is 0.900 bits per heavy atom. The molecule has 0 unspecified atom stereocenters. The molecule has 2 amide bonds. The van der Waals surface area contributed by atoms with Crippen molar-refractivity contribution in [2.75, 3.05) is 49.6 Å². The molecule has 30 heavy (non-hydrogen) atoms. The summed E-state index contributed by atoms with van der Waals surface area (Å²) in [4.78, 5) is 42.4. The summed E-state index contributed by atoms with van der Waals surface area (Å²) in [6.45, 7) is 3.20. The summed E-state index contributed by atoms with van der Waals surface area (Å²) in [5, 5.41) is 0. The van der Waals surface area contributed by atoms with Gasteiger partial charge in [0.15, 0.2) is 0 Å². The number of carbonyl (C=O) groups excluding carboxylic acids is 3. The maximum atomic E-state index is 12.6. The van der Waals surface area contributed by atoms with Crippen LogP contribution in [0.1, 0.15) is 16.8 Å². The van der Waals surface area contributed by atoms with Crippen LogP contribution in [0.2, 0.25) is 0 Å². The number of piperazine rings is 1. The van der Waals surface area contributed by atoms with Gasteiger partial charge in [-0.3, -0.25) is 14.4 Å². The molecule has 2 aliphatic rings. The highest BCUT2D eigenvalue weighted by molar-refractivity contribution is 5.99. The van der Waals surface area contributed by atoms with Crippen LogP contribution in [0.5, 0.6) is 0 Å². The molecule has 7 nitrogen and oxygen atoms in total. The number of anilines is 2. The smallest absolute Gasteiger partial charge is 0.311 e. The highest BCUT2D eigenvalue weighted by Crippen LogP contribution is 2.28. The van der Waals surface area contributed by atoms with Crippen LogP contribution in [-0.4, -0.2) is 62.5 Å². The number of methoxy groups -OCH3 is 1. The number of rotatable bonds is 4. The van der Waals surface area contributed by atoms with E-state index in [0.29, 0.717) is 19.6 Å². The number of amides is 2. The lowest BCUT2D eigenvalue weighted by atomic mass is 10.1. The number of nitrogens with zero attached hydrogens (tertiary/aromatic N) is 3. The fraction of sp³-hybridized carbons (Fsp3) is 0.348. The van der Waals surface area contributed by atoms with E-state index in [1.807, 2.05) is 59.5 Å². The molecule has 156 valence electrons. The van der Waals surface area contributed by atoms with Crippen LogP contribution in [0.3, 0.4) is 0 Å². The summed E-state index contributed by atoms with van der Waals surface area (Å²) < 4.78 is 4.77. The lowest BCUT2D eigenvalue weighted by molar-refractivity contribution is -0.145. The standard InChI is InChI=1S/C23H25N3O4/c1-30-23(29)18-15-21(27)26(16-18)20-9-7-19(8-10-20)24-11-13-25(14-12-24)22(28)17-5-3-2-4-6-17/h2-10,18H,11-16H2,1H3/t18-/m0/s1. The summed E-state index contributed by atoms with van der Waals surface area (Å²) >= 11 is 0. The monoisotopic (exact) mass is 407 g/mol. The maximum Gasteiger partial charge on any atom is 0.311 e. The van der Waals surface area contributed by atoms with Gasteiger partial charge in [-0.1, -0.05) is 18.2 Å². The van der Waals surface area contributed by atoms with Gasteiger partial charge in [-0.05, 0) is 36.4 Å². The Balaban J connectivity index is 1.36. The van der Waals surface area contributed by atoms with Crippen molar-refractivity contribution in [2.45, 2.75) is 6.42 Å². The van der Waals surface area contributed by atoms with Gasteiger partial charge in [0, 0.05) is 56.1 Å². The Hall–Kier alpha value is -3.35. The second-order valence-corrected chi connectivity index (χ2v) is 7.59. The van der Waals surface area contributed by atoms with E-state index < -0.39 is 5.92 Å². The zero-order chi connectivity index (χ0) is 21.1. The van der Waals surface area contributed by atoms with Gasteiger partial charge in [0.05, 0.1) is 13.0 Å². The summed E-state index contributed by atoms with van der Waals surface area (Å²) in [5.74, 6) is -0.743. The molecule has 7 heteroatoms. The van der Waals surface area contributed by atoms with Crippen LogP contribution in [0, 0.1) is 5.92 Å². The summed E-state index contributed by atoms with van der Waals surface area (Å²) in [6.07, 6.45) is 0.186. The Morgan fingerprint density at radius 2 is 1.53 bits per heavy atom. The van der Waals surface area contributed by atoms with Crippen LogP contribution in [0.25, 0.3) is 0 Å². The third-order valence-electron chi connectivity index (χ3n) is 5.77. The van der Waals surface area contributed by atoms with Crippen molar-refractivity contribution >= 4 is 29.2 Å². The van der Waals surface area contributed by atoms with Gasteiger partial charge in [-0.15, -0.1) is 0 Å². The van der Waals surface area contributed by atoms with E-state index >= 15 is 0 Å². The van der Waals surface area contributed by atoms with E-state index in [-0.39, 0.29) is 24.2 Å². The minimum atomic E-state index is -0.405. The normalized spacial score (nSPS) is 19.2. The molecule has 2 heterocycles. The quantitative estimate of drug-likeness (QED) is 0.727. The first-order chi connectivity index (χ1) is 14.6. The minimum Gasteiger partial charge on any atom is -0.469 e. The van der Waals surface area contributed by atoms with Gasteiger partial charge in [0.25, 0.3) is 5.91 Å². The van der Waals surface area contributed by atoms with Gasteiger partial charge in [-0.2, -0.15) is 0 Å². The number of ether oxygens (including phenoxy) is 1. The van der Waals surface area contributed by atoms with E-state index in [2.05, 4.69) is 4.90 Å². The Morgan fingerprint density at radius 3 is 2.17 bits per heavy atom. The molecule has 2 fully saturated rings. The average molecular weight is 407 g/mol. The van der Waals surface area contributed by atoms with Crippen LogP contribution in [-0.2, 0) is 14.3 Å². The van der Waals surface area contributed by atoms with Gasteiger partial charge < -0.3 is 19.4 Å². The molecule has 0 aliphatic carbocycles. The van der Waals surface area contributed by atoms with Crippen molar-refractivity contribution in [3.05, 3.63) is 60.2 Å². The lowest BCUT2D eigenvalue weighted by Crippen LogP contribution is -2.48. The first-order valence-corrected chi connectivity index (χ1v) is 10.1. The zero-order valence-corrected chi connectivity index (χ0v) is 17.0. The SMILES string of the molecule is COC(=O)[C@H]1CC(=O)N(c2ccc(N3CCN(C(=O)c4ccccc4)CC3)cc2)C1. The fourth-order valence-corrected chi connectivity index (χ4v) is 4.06. The molecule has 0 radical (unpaired) electrons. The topological polar surface area (TPSA) is 70.2 Å². The first kappa shape index (κ1) is 19.9. The zero-order valence-electron chi connectivity index (χ0n) is 17.0. The molecule has 2 aromatic carbocycles. The summed E-state index contributed by atoms with van der Waals surface area (Å²) in [5.41, 5.74) is 2.56. The molecule has 2 saturated heterocycles. The predicted octanol–water partition coefficient (Wildman–Crippen LogP) is 2.17. The van der Waals surface area contributed by atoms with Crippen molar-refractivity contribution < 1.29 is 19.1 Å². The van der Waals surface area contributed by atoms with Crippen LogP contribution in [0.15, 0.2) is 54.6 Å². The molecule has 4 rings (SSSR count). The van der Waals surface area contributed by atoms with Gasteiger partial charge in [0.1, 0.15) is 0 Å². The van der Waals surface area contributed by atoms with E-state index in [0.717, 1.165) is 30.0 Å². The van der Waals surface area contributed by atoms with Crippen molar-refractivity contribution in [1.82, 2.24) is 4.90 Å². The number of hydrogen-bond donors (Lipinski definition) is 0. The summed E-state index contributed by atoms with van der Waals surface area (Å²) in [6, 6.07) is 17.2. The predicted molar refractivity (Wildman–Crippen MR) is 113 cm³/mol. The van der Waals surface area contributed by atoms with Crippen LogP contribution in [0.4, 0.5) is 11.4 Å².